The van der Waals surface area contributed by atoms with Gasteiger partial charge in [0.05, 0.1) is 6.54 Å². The van der Waals surface area contributed by atoms with Gasteiger partial charge in [-0.1, -0.05) is 5.16 Å². The number of nitrogens with one attached hydrogen (secondary N) is 2. The molecule has 88 valence electrons. The molecule has 3 amide bonds. The van der Waals surface area contributed by atoms with Crippen molar-refractivity contribution in [2.24, 2.45) is 0 Å². The van der Waals surface area contributed by atoms with Gasteiger partial charge in [0.25, 0.3) is 0 Å². The molecule has 0 saturated heterocycles. The Morgan fingerprint density at radius 3 is 2.69 bits per heavy atom. The van der Waals surface area contributed by atoms with Gasteiger partial charge in [0.15, 0.2) is 5.82 Å². The molecule has 1 aromatic heterocycles. The van der Waals surface area contributed by atoms with E-state index in [1.807, 2.05) is 0 Å². The Morgan fingerprint density at radius 2 is 2.19 bits per heavy atom. The summed E-state index contributed by atoms with van der Waals surface area (Å²) in [5.74, 6) is 0.581. The third-order valence-electron chi connectivity index (χ3n) is 1.70. The van der Waals surface area contributed by atoms with Crippen LogP contribution in [0, 0.1) is 6.92 Å². The van der Waals surface area contributed by atoms with Crippen molar-refractivity contribution in [1.29, 1.82) is 0 Å². The number of carbonyl (C=O) groups excluding carboxylic acids is 2. The highest BCUT2D eigenvalue weighted by molar-refractivity contribution is 5.93. The molecule has 0 aliphatic rings. The van der Waals surface area contributed by atoms with Gasteiger partial charge in [0.1, 0.15) is 5.76 Å². The van der Waals surface area contributed by atoms with Crippen LogP contribution in [0.1, 0.15) is 5.76 Å². The minimum atomic E-state index is -0.358. The lowest BCUT2D eigenvalue weighted by Crippen LogP contribution is -2.39. The summed E-state index contributed by atoms with van der Waals surface area (Å²) in [5.41, 5.74) is 0. The maximum atomic E-state index is 11.3. The molecule has 0 aliphatic heterocycles. The van der Waals surface area contributed by atoms with Gasteiger partial charge in [0, 0.05) is 20.2 Å². The van der Waals surface area contributed by atoms with Crippen LogP contribution in [0.4, 0.5) is 10.6 Å². The molecular formula is C9H14N4O3. The Hall–Kier alpha value is -2.05. The zero-order chi connectivity index (χ0) is 12.1. The van der Waals surface area contributed by atoms with Crippen molar-refractivity contribution in [2.75, 3.05) is 26.0 Å². The third kappa shape index (κ3) is 3.60. The molecule has 0 fully saturated rings. The van der Waals surface area contributed by atoms with E-state index in [9.17, 15) is 9.59 Å². The van der Waals surface area contributed by atoms with Gasteiger partial charge in [-0.15, -0.1) is 0 Å². The second-order valence-corrected chi connectivity index (χ2v) is 3.42. The van der Waals surface area contributed by atoms with Crippen LogP contribution in [0.25, 0.3) is 0 Å². The van der Waals surface area contributed by atoms with E-state index in [1.54, 1.807) is 27.1 Å². The number of carbonyl (C=O) groups is 2. The lowest BCUT2D eigenvalue weighted by Gasteiger charge is -2.11. The van der Waals surface area contributed by atoms with Gasteiger partial charge < -0.3 is 20.1 Å². The molecule has 0 saturated carbocycles. The summed E-state index contributed by atoms with van der Waals surface area (Å²) >= 11 is 0. The zero-order valence-corrected chi connectivity index (χ0v) is 9.40. The van der Waals surface area contributed by atoms with Gasteiger partial charge in [-0.25, -0.2) is 4.79 Å². The number of amides is 3. The molecule has 2 N–H and O–H groups in total. The SMILES string of the molecule is Cc1cc(NC(=O)CNC(=O)N(C)C)no1. The van der Waals surface area contributed by atoms with E-state index in [4.69, 9.17) is 4.52 Å². The Kier molecular flexibility index (Phi) is 3.87. The number of nitrogens with zero attached hydrogens (tertiary/aromatic N) is 2. The molecule has 7 heteroatoms. The number of aromatic nitrogens is 1. The Morgan fingerprint density at radius 1 is 1.50 bits per heavy atom. The van der Waals surface area contributed by atoms with Gasteiger partial charge in [-0.2, -0.15) is 0 Å². The molecule has 0 aliphatic carbocycles. The summed E-state index contributed by atoms with van der Waals surface area (Å²) in [6.45, 7) is 1.61. The van der Waals surface area contributed by atoms with Crippen LogP contribution < -0.4 is 10.6 Å². The highest BCUT2D eigenvalue weighted by Crippen LogP contribution is 2.06. The van der Waals surface area contributed by atoms with Crippen LogP contribution in [0.15, 0.2) is 10.6 Å². The van der Waals surface area contributed by atoms with E-state index in [0.29, 0.717) is 11.6 Å². The predicted octanol–water partition coefficient (Wildman–Crippen LogP) is 0.193. The van der Waals surface area contributed by atoms with Gasteiger partial charge >= 0.3 is 6.03 Å². The van der Waals surface area contributed by atoms with Crippen molar-refractivity contribution in [3.8, 4) is 0 Å². The number of rotatable bonds is 3. The molecular weight excluding hydrogens is 212 g/mol. The van der Waals surface area contributed by atoms with Crippen LogP contribution in [0.5, 0.6) is 0 Å². The number of anilines is 1. The first-order valence-corrected chi connectivity index (χ1v) is 4.67. The first-order chi connectivity index (χ1) is 7.49. The largest absolute Gasteiger partial charge is 0.360 e. The number of hydrogen-bond acceptors (Lipinski definition) is 4. The lowest BCUT2D eigenvalue weighted by atomic mass is 10.4. The lowest BCUT2D eigenvalue weighted by molar-refractivity contribution is -0.115. The van der Waals surface area contributed by atoms with Crippen LogP contribution in [0.3, 0.4) is 0 Å². The topological polar surface area (TPSA) is 87.5 Å². The number of aryl methyl sites for hydroxylation is 1. The quantitative estimate of drug-likeness (QED) is 0.770. The highest BCUT2D eigenvalue weighted by atomic mass is 16.5. The van der Waals surface area contributed by atoms with E-state index in [0.717, 1.165) is 0 Å². The highest BCUT2D eigenvalue weighted by Gasteiger charge is 2.08. The number of urea groups is 1. The van der Waals surface area contributed by atoms with E-state index in [1.165, 1.54) is 4.90 Å². The summed E-state index contributed by atoms with van der Waals surface area (Å²) < 4.78 is 4.77. The summed E-state index contributed by atoms with van der Waals surface area (Å²) in [6.07, 6.45) is 0. The Balaban J connectivity index is 2.34. The van der Waals surface area contributed by atoms with Crippen molar-refractivity contribution >= 4 is 17.8 Å². The fourth-order valence-corrected chi connectivity index (χ4v) is 0.926. The van der Waals surface area contributed by atoms with Gasteiger partial charge in [0.2, 0.25) is 5.91 Å². The average Bonchev–Trinajstić information content (AvgIpc) is 2.60. The molecule has 1 aromatic rings. The number of hydrogen-bond donors (Lipinski definition) is 2. The molecule has 0 atom stereocenters. The maximum absolute atomic E-state index is 11.3. The van der Waals surface area contributed by atoms with Gasteiger partial charge in [-0.3, -0.25) is 4.79 Å². The minimum absolute atomic E-state index is 0.108. The predicted molar refractivity (Wildman–Crippen MR) is 57.0 cm³/mol. The normalized spacial score (nSPS) is 9.69. The average molecular weight is 226 g/mol. The summed E-state index contributed by atoms with van der Waals surface area (Å²) in [6, 6.07) is 1.26. The van der Waals surface area contributed by atoms with Crippen LogP contribution in [0.2, 0.25) is 0 Å². The minimum Gasteiger partial charge on any atom is -0.360 e. The van der Waals surface area contributed by atoms with Crippen molar-refractivity contribution in [2.45, 2.75) is 6.92 Å². The molecule has 0 spiro atoms. The Labute approximate surface area is 92.8 Å². The molecule has 7 nitrogen and oxygen atoms in total. The second kappa shape index (κ2) is 5.15. The molecule has 0 radical (unpaired) electrons. The first-order valence-electron chi connectivity index (χ1n) is 4.67. The summed E-state index contributed by atoms with van der Waals surface area (Å²) in [4.78, 5) is 23.8. The van der Waals surface area contributed by atoms with E-state index < -0.39 is 0 Å². The van der Waals surface area contributed by atoms with Crippen LogP contribution in [-0.4, -0.2) is 42.6 Å². The molecule has 0 aromatic carbocycles. The standard InChI is InChI=1S/C9H14N4O3/c1-6-4-7(12-16-6)11-8(14)5-10-9(15)13(2)3/h4H,5H2,1-3H3,(H,10,15)(H,11,12,14). The van der Waals surface area contributed by atoms with Crippen LogP contribution >= 0.6 is 0 Å². The second-order valence-electron chi connectivity index (χ2n) is 3.42. The molecule has 0 bridgehead atoms. The zero-order valence-electron chi connectivity index (χ0n) is 9.40. The van der Waals surface area contributed by atoms with E-state index >= 15 is 0 Å². The monoisotopic (exact) mass is 226 g/mol. The first kappa shape index (κ1) is 12.0. The molecule has 1 rings (SSSR count). The van der Waals surface area contributed by atoms with Crippen molar-refractivity contribution < 1.29 is 14.1 Å². The van der Waals surface area contributed by atoms with Gasteiger partial charge in [-0.05, 0) is 6.92 Å². The van der Waals surface area contributed by atoms with Crippen molar-refractivity contribution in [3.05, 3.63) is 11.8 Å². The molecule has 0 unspecified atom stereocenters. The summed E-state index contributed by atoms with van der Waals surface area (Å²) in [7, 11) is 3.18. The summed E-state index contributed by atoms with van der Waals surface area (Å²) in [5, 5.41) is 8.49. The van der Waals surface area contributed by atoms with Crippen molar-refractivity contribution in [1.82, 2.24) is 15.4 Å². The molecule has 16 heavy (non-hydrogen) atoms. The van der Waals surface area contributed by atoms with E-state index in [-0.39, 0.29) is 18.5 Å². The smallest absolute Gasteiger partial charge is 0.317 e. The maximum Gasteiger partial charge on any atom is 0.317 e. The Bertz CT molecular complexity index is 386. The fourth-order valence-electron chi connectivity index (χ4n) is 0.926. The third-order valence-corrected chi connectivity index (χ3v) is 1.70. The fraction of sp³-hybridized carbons (Fsp3) is 0.444. The van der Waals surface area contributed by atoms with E-state index in [2.05, 4.69) is 15.8 Å². The van der Waals surface area contributed by atoms with Crippen molar-refractivity contribution in [3.63, 3.8) is 0 Å². The van der Waals surface area contributed by atoms with Crippen LogP contribution in [-0.2, 0) is 4.79 Å². The molecule has 1 heterocycles.